The Balaban J connectivity index is 2.22. The highest BCUT2D eigenvalue weighted by atomic mass is 19.1. The first-order chi connectivity index (χ1) is 9.24. The van der Waals surface area contributed by atoms with Crippen molar-refractivity contribution in [3.05, 3.63) is 53.8 Å². The molecule has 0 saturated heterocycles. The van der Waals surface area contributed by atoms with E-state index in [1.54, 1.807) is 6.07 Å². The molecule has 0 atom stereocenters. The zero-order chi connectivity index (χ0) is 13.7. The fourth-order valence-electron chi connectivity index (χ4n) is 1.87. The van der Waals surface area contributed by atoms with Gasteiger partial charge in [-0.1, -0.05) is 31.2 Å². The van der Waals surface area contributed by atoms with Gasteiger partial charge in [-0.05, 0) is 35.7 Å². The Kier molecular flexibility index (Phi) is 4.53. The highest BCUT2D eigenvalue weighted by Gasteiger charge is 2.06. The van der Waals surface area contributed by atoms with Gasteiger partial charge in [0.15, 0.2) is 0 Å². The summed E-state index contributed by atoms with van der Waals surface area (Å²) in [5, 5.41) is 0. The van der Waals surface area contributed by atoms with E-state index in [1.165, 1.54) is 6.07 Å². The van der Waals surface area contributed by atoms with Crippen LogP contribution in [-0.4, -0.2) is 6.61 Å². The number of ether oxygens (including phenoxy) is 1. The lowest BCUT2D eigenvalue weighted by Crippen LogP contribution is -1.97. The predicted molar refractivity (Wildman–Crippen MR) is 75.5 cm³/mol. The largest absolute Gasteiger partial charge is 0.494 e. The molecule has 0 aliphatic carbocycles. The van der Waals surface area contributed by atoms with E-state index in [1.807, 2.05) is 30.3 Å². The van der Waals surface area contributed by atoms with Gasteiger partial charge in [-0.2, -0.15) is 0 Å². The van der Waals surface area contributed by atoms with Crippen LogP contribution in [0.4, 0.5) is 4.39 Å². The van der Waals surface area contributed by atoms with E-state index in [0.717, 1.165) is 23.3 Å². The van der Waals surface area contributed by atoms with Crippen LogP contribution in [0.5, 0.6) is 5.75 Å². The van der Waals surface area contributed by atoms with Crippen molar-refractivity contribution in [2.45, 2.75) is 19.9 Å². The monoisotopic (exact) mass is 259 g/mol. The van der Waals surface area contributed by atoms with Gasteiger partial charge in [-0.15, -0.1) is 0 Å². The first-order valence-electron chi connectivity index (χ1n) is 6.46. The van der Waals surface area contributed by atoms with Crippen LogP contribution in [0.1, 0.15) is 18.9 Å². The molecular formula is C16H18FNO. The maximum Gasteiger partial charge on any atom is 0.131 e. The lowest BCUT2D eigenvalue weighted by atomic mass is 10.0. The van der Waals surface area contributed by atoms with E-state index < -0.39 is 0 Å². The van der Waals surface area contributed by atoms with Gasteiger partial charge in [0.2, 0.25) is 0 Å². The Bertz CT molecular complexity index is 537. The molecular weight excluding hydrogens is 241 g/mol. The topological polar surface area (TPSA) is 35.2 Å². The Morgan fingerprint density at radius 1 is 1.11 bits per heavy atom. The van der Waals surface area contributed by atoms with E-state index in [9.17, 15) is 4.39 Å². The average Bonchev–Trinajstić information content (AvgIpc) is 2.45. The second-order valence-corrected chi connectivity index (χ2v) is 4.39. The van der Waals surface area contributed by atoms with Crippen molar-refractivity contribution in [2.75, 3.05) is 6.61 Å². The van der Waals surface area contributed by atoms with Crippen molar-refractivity contribution >= 4 is 0 Å². The standard InChI is InChI=1S/C16H18FNO/c1-2-9-19-14-6-4-13(5-7-14)15-8-3-12(11-18)10-16(15)17/h3-8,10H,2,9,11,18H2,1H3. The molecule has 0 aromatic heterocycles. The number of hydrogen-bond acceptors (Lipinski definition) is 2. The van der Waals surface area contributed by atoms with Crippen molar-refractivity contribution in [3.8, 4) is 16.9 Å². The van der Waals surface area contributed by atoms with Gasteiger partial charge in [-0.3, -0.25) is 0 Å². The first kappa shape index (κ1) is 13.6. The van der Waals surface area contributed by atoms with Crippen LogP contribution in [0, 0.1) is 5.82 Å². The Morgan fingerprint density at radius 2 is 1.84 bits per heavy atom. The van der Waals surface area contributed by atoms with Crippen LogP contribution in [0.3, 0.4) is 0 Å². The minimum atomic E-state index is -0.245. The van der Waals surface area contributed by atoms with E-state index in [0.29, 0.717) is 18.7 Å². The molecule has 2 rings (SSSR count). The number of halogens is 1. The predicted octanol–water partition coefficient (Wildman–Crippen LogP) is 3.74. The van der Waals surface area contributed by atoms with E-state index >= 15 is 0 Å². The van der Waals surface area contributed by atoms with Gasteiger partial charge < -0.3 is 10.5 Å². The molecule has 2 aromatic rings. The Labute approximate surface area is 113 Å². The molecule has 0 amide bonds. The van der Waals surface area contributed by atoms with Gasteiger partial charge in [0, 0.05) is 12.1 Å². The summed E-state index contributed by atoms with van der Waals surface area (Å²) >= 11 is 0. The Morgan fingerprint density at radius 3 is 2.42 bits per heavy atom. The summed E-state index contributed by atoms with van der Waals surface area (Å²) in [5.74, 6) is 0.565. The van der Waals surface area contributed by atoms with Crippen LogP contribution in [0.15, 0.2) is 42.5 Å². The van der Waals surface area contributed by atoms with E-state index in [4.69, 9.17) is 10.5 Å². The number of rotatable bonds is 5. The summed E-state index contributed by atoms with van der Waals surface area (Å²) in [4.78, 5) is 0. The number of hydrogen-bond donors (Lipinski definition) is 1. The minimum Gasteiger partial charge on any atom is -0.494 e. The maximum absolute atomic E-state index is 13.9. The normalized spacial score (nSPS) is 10.5. The third-order valence-electron chi connectivity index (χ3n) is 2.91. The molecule has 2 nitrogen and oxygen atoms in total. The molecule has 3 heteroatoms. The van der Waals surface area contributed by atoms with Gasteiger partial charge in [-0.25, -0.2) is 4.39 Å². The molecule has 0 fully saturated rings. The smallest absolute Gasteiger partial charge is 0.131 e. The zero-order valence-electron chi connectivity index (χ0n) is 11.0. The molecule has 0 radical (unpaired) electrons. The van der Waals surface area contributed by atoms with E-state index in [2.05, 4.69) is 6.92 Å². The second-order valence-electron chi connectivity index (χ2n) is 4.39. The van der Waals surface area contributed by atoms with Gasteiger partial charge >= 0.3 is 0 Å². The summed E-state index contributed by atoms with van der Waals surface area (Å²) in [6.45, 7) is 3.10. The van der Waals surface area contributed by atoms with Gasteiger partial charge in [0.05, 0.1) is 6.61 Å². The van der Waals surface area contributed by atoms with Crippen molar-refractivity contribution in [3.63, 3.8) is 0 Å². The second kappa shape index (κ2) is 6.34. The highest BCUT2D eigenvalue weighted by molar-refractivity contribution is 5.65. The number of benzene rings is 2. The van der Waals surface area contributed by atoms with Crippen LogP contribution in [0.2, 0.25) is 0 Å². The van der Waals surface area contributed by atoms with Gasteiger partial charge in [0.25, 0.3) is 0 Å². The van der Waals surface area contributed by atoms with Crippen LogP contribution >= 0.6 is 0 Å². The van der Waals surface area contributed by atoms with Crippen LogP contribution < -0.4 is 10.5 Å². The summed E-state index contributed by atoms with van der Waals surface area (Å²) in [6, 6.07) is 12.6. The molecule has 0 saturated carbocycles. The molecule has 0 heterocycles. The lowest BCUT2D eigenvalue weighted by Gasteiger charge is -2.08. The maximum atomic E-state index is 13.9. The third-order valence-corrected chi connectivity index (χ3v) is 2.91. The van der Waals surface area contributed by atoms with Crippen molar-refractivity contribution in [2.24, 2.45) is 5.73 Å². The Hall–Kier alpha value is -1.87. The summed E-state index contributed by atoms with van der Waals surface area (Å²) in [7, 11) is 0. The number of nitrogens with two attached hydrogens (primary N) is 1. The highest BCUT2D eigenvalue weighted by Crippen LogP contribution is 2.25. The van der Waals surface area contributed by atoms with E-state index in [-0.39, 0.29) is 5.82 Å². The third kappa shape index (κ3) is 3.32. The molecule has 0 aliphatic rings. The molecule has 0 aliphatic heterocycles. The minimum absolute atomic E-state index is 0.245. The molecule has 0 unspecified atom stereocenters. The SMILES string of the molecule is CCCOc1ccc(-c2ccc(CN)cc2F)cc1. The summed E-state index contributed by atoms with van der Waals surface area (Å²) < 4.78 is 19.4. The molecule has 19 heavy (non-hydrogen) atoms. The zero-order valence-corrected chi connectivity index (χ0v) is 11.0. The molecule has 2 N–H and O–H groups in total. The van der Waals surface area contributed by atoms with Crippen molar-refractivity contribution < 1.29 is 9.13 Å². The van der Waals surface area contributed by atoms with Crippen LogP contribution in [0.25, 0.3) is 11.1 Å². The van der Waals surface area contributed by atoms with Crippen LogP contribution in [-0.2, 0) is 6.54 Å². The summed E-state index contributed by atoms with van der Waals surface area (Å²) in [6.07, 6.45) is 0.969. The average molecular weight is 259 g/mol. The molecule has 100 valence electrons. The molecule has 0 bridgehead atoms. The lowest BCUT2D eigenvalue weighted by molar-refractivity contribution is 0.317. The molecule has 2 aromatic carbocycles. The quantitative estimate of drug-likeness (QED) is 0.887. The fraction of sp³-hybridized carbons (Fsp3) is 0.250. The van der Waals surface area contributed by atoms with Gasteiger partial charge in [0.1, 0.15) is 11.6 Å². The first-order valence-corrected chi connectivity index (χ1v) is 6.46. The van der Waals surface area contributed by atoms with Crippen molar-refractivity contribution in [1.29, 1.82) is 0 Å². The fourth-order valence-corrected chi connectivity index (χ4v) is 1.87. The van der Waals surface area contributed by atoms with Crippen molar-refractivity contribution in [1.82, 2.24) is 0 Å². The summed E-state index contributed by atoms with van der Waals surface area (Å²) in [5.41, 5.74) is 7.71. The molecule has 0 spiro atoms.